The molecule has 0 radical (unpaired) electrons. The topological polar surface area (TPSA) is 148 Å². The zero-order valence-electron chi connectivity index (χ0n) is 5.59. The Kier molecular flexibility index (Phi) is 10.0. The first-order valence-corrected chi connectivity index (χ1v) is 2.17. The van der Waals surface area contributed by atoms with Gasteiger partial charge in [0.2, 0.25) is 0 Å². The molecule has 0 aliphatic heterocycles. The molecule has 1 rings (SSSR count). The van der Waals surface area contributed by atoms with Crippen LogP contribution in [0.2, 0.25) is 0 Å². The Morgan fingerprint density at radius 1 is 1.36 bits per heavy atom. The number of rotatable bonds is 1. The lowest BCUT2D eigenvalue weighted by molar-refractivity contribution is 0.0691. The van der Waals surface area contributed by atoms with Gasteiger partial charge >= 0.3 is 5.97 Å². The van der Waals surface area contributed by atoms with Gasteiger partial charge in [-0.1, -0.05) is 0 Å². The zero-order valence-corrected chi connectivity index (χ0v) is 5.59. The van der Waals surface area contributed by atoms with E-state index < -0.39 is 5.97 Å². The molecule has 0 bridgehead atoms. The molecule has 0 aliphatic rings. The van der Waals surface area contributed by atoms with Crippen LogP contribution in [-0.4, -0.2) is 32.5 Å². The van der Waals surface area contributed by atoms with E-state index >= 15 is 0 Å². The van der Waals surface area contributed by atoms with Gasteiger partial charge in [-0.05, 0) is 12.1 Å². The first-order valence-electron chi connectivity index (χ1n) is 2.17. The predicted octanol–water partition coefficient (Wildman–Crippen LogP) is -1.76. The quantitative estimate of drug-likeness (QED) is 0.507. The van der Waals surface area contributed by atoms with Crippen LogP contribution in [0.25, 0.3) is 0 Å². The molecule has 6 heteroatoms. The fourth-order valence-electron chi connectivity index (χ4n) is 0.463. The van der Waals surface area contributed by atoms with Crippen LogP contribution in [0, 0.1) is 0 Å². The lowest BCUT2D eigenvalue weighted by atomic mass is 10.4. The van der Waals surface area contributed by atoms with E-state index in [1.54, 1.807) is 12.3 Å². The molecule has 11 heavy (non-hydrogen) atoms. The fraction of sp³-hybridized carbons (Fsp3) is 0. The maximum absolute atomic E-state index is 10.0. The van der Waals surface area contributed by atoms with Crippen LogP contribution >= 0.6 is 0 Å². The molecule has 0 amide bonds. The smallest absolute Gasteiger partial charge is 0.352 e. The third-order valence-corrected chi connectivity index (χ3v) is 0.828. The Morgan fingerprint density at radius 3 is 2.09 bits per heavy atom. The monoisotopic (exact) mass is 165 g/mol. The van der Waals surface area contributed by atoms with Gasteiger partial charge in [-0.3, -0.25) is 0 Å². The second kappa shape index (κ2) is 6.75. The highest BCUT2D eigenvalue weighted by atomic mass is 16.4. The van der Waals surface area contributed by atoms with Crippen LogP contribution in [0.3, 0.4) is 0 Å². The highest BCUT2D eigenvalue weighted by Crippen LogP contribution is 1.91. The third kappa shape index (κ3) is 4.09. The maximum Gasteiger partial charge on any atom is 0.352 e. The molecular formula is C5H11NO5. The number of aromatic nitrogens is 1. The minimum atomic E-state index is -0.921. The van der Waals surface area contributed by atoms with Crippen molar-refractivity contribution in [1.82, 2.24) is 4.98 Å². The van der Waals surface area contributed by atoms with Crippen molar-refractivity contribution in [2.75, 3.05) is 0 Å². The lowest BCUT2D eigenvalue weighted by Crippen LogP contribution is -1.94. The number of hydrogen-bond acceptors (Lipinski definition) is 1. The summed E-state index contributed by atoms with van der Waals surface area (Å²) in [5.74, 6) is -0.921. The molecule has 0 saturated carbocycles. The van der Waals surface area contributed by atoms with Gasteiger partial charge in [-0.15, -0.1) is 0 Å². The normalized spacial score (nSPS) is 6.55. The third-order valence-electron chi connectivity index (χ3n) is 0.828. The Morgan fingerprint density at radius 2 is 1.91 bits per heavy atom. The highest BCUT2D eigenvalue weighted by molar-refractivity contribution is 5.85. The number of aromatic carboxylic acids is 1. The molecule has 6 nitrogen and oxygen atoms in total. The second-order valence-electron chi connectivity index (χ2n) is 1.39. The van der Waals surface area contributed by atoms with Crippen LogP contribution in [0.1, 0.15) is 10.5 Å². The first-order chi connectivity index (χ1) is 3.80. The number of aromatic amines is 1. The van der Waals surface area contributed by atoms with Gasteiger partial charge in [0.25, 0.3) is 0 Å². The van der Waals surface area contributed by atoms with Crippen molar-refractivity contribution < 1.29 is 26.3 Å². The van der Waals surface area contributed by atoms with E-state index in [0.29, 0.717) is 0 Å². The molecular weight excluding hydrogens is 154 g/mol. The summed E-state index contributed by atoms with van der Waals surface area (Å²) in [5.41, 5.74) is 0.227. The average Bonchev–Trinajstić information content (AvgIpc) is 2.12. The summed E-state index contributed by atoms with van der Waals surface area (Å²) in [6.45, 7) is 0. The van der Waals surface area contributed by atoms with E-state index in [-0.39, 0.29) is 22.1 Å². The minimum absolute atomic E-state index is 0. The summed E-state index contributed by atoms with van der Waals surface area (Å²) >= 11 is 0. The molecule has 0 atom stereocenters. The van der Waals surface area contributed by atoms with Crippen molar-refractivity contribution in [3.8, 4) is 0 Å². The van der Waals surface area contributed by atoms with Crippen LogP contribution in [0.5, 0.6) is 0 Å². The van der Waals surface area contributed by atoms with Crippen molar-refractivity contribution in [3.05, 3.63) is 24.0 Å². The van der Waals surface area contributed by atoms with Crippen LogP contribution in [0.4, 0.5) is 0 Å². The largest absolute Gasteiger partial charge is 0.477 e. The molecule has 0 aliphatic carbocycles. The average molecular weight is 165 g/mol. The summed E-state index contributed by atoms with van der Waals surface area (Å²) in [6.07, 6.45) is 1.57. The number of hydrogen-bond donors (Lipinski definition) is 2. The standard InChI is InChI=1S/C5H5NO2.3H2O/c7-5(8)4-2-1-3-6-4;;;/h1-3,6H,(H,7,8);3*1H2. The minimum Gasteiger partial charge on any atom is -0.477 e. The van der Waals surface area contributed by atoms with Crippen molar-refractivity contribution in [3.63, 3.8) is 0 Å². The Labute approximate surface area is 62.4 Å². The van der Waals surface area contributed by atoms with Gasteiger partial charge in [-0.25, -0.2) is 4.79 Å². The molecule has 0 unspecified atom stereocenters. The summed E-state index contributed by atoms with van der Waals surface area (Å²) in [7, 11) is 0. The predicted molar refractivity (Wildman–Crippen MR) is 38.6 cm³/mol. The van der Waals surface area contributed by atoms with Crippen molar-refractivity contribution >= 4 is 5.97 Å². The van der Waals surface area contributed by atoms with Gasteiger partial charge in [-0.2, -0.15) is 0 Å². The Balaban J connectivity index is -0.000000213. The van der Waals surface area contributed by atoms with E-state index in [1.807, 2.05) is 0 Å². The van der Waals surface area contributed by atoms with Gasteiger partial charge in [0.05, 0.1) is 0 Å². The lowest BCUT2D eigenvalue weighted by Gasteiger charge is -1.80. The highest BCUT2D eigenvalue weighted by Gasteiger charge is 1.98. The van der Waals surface area contributed by atoms with E-state index in [0.717, 1.165) is 0 Å². The van der Waals surface area contributed by atoms with Crippen LogP contribution in [0.15, 0.2) is 18.3 Å². The van der Waals surface area contributed by atoms with Crippen molar-refractivity contribution in [1.29, 1.82) is 0 Å². The SMILES string of the molecule is O.O.O.O=C(O)c1ccc[nH]1. The van der Waals surface area contributed by atoms with E-state index in [1.165, 1.54) is 6.07 Å². The molecule has 8 N–H and O–H groups in total. The maximum atomic E-state index is 10.0. The molecule has 1 aromatic rings. The zero-order chi connectivity index (χ0) is 5.98. The number of H-pyrrole nitrogens is 1. The Bertz CT molecular complexity index is 183. The molecule has 1 heterocycles. The number of carboxylic acid groups (broad SMARTS) is 1. The van der Waals surface area contributed by atoms with E-state index in [9.17, 15) is 4.79 Å². The van der Waals surface area contributed by atoms with E-state index in [2.05, 4.69) is 4.98 Å². The number of nitrogens with one attached hydrogen (secondary N) is 1. The van der Waals surface area contributed by atoms with Gasteiger partial charge in [0.1, 0.15) is 5.69 Å². The molecule has 0 fully saturated rings. The van der Waals surface area contributed by atoms with Crippen molar-refractivity contribution in [2.24, 2.45) is 0 Å². The molecule has 66 valence electrons. The second-order valence-corrected chi connectivity index (χ2v) is 1.39. The fourth-order valence-corrected chi connectivity index (χ4v) is 0.463. The summed E-state index contributed by atoms with van der Waals surface area (Å²) in [5, 5.41) is 8.24. The van der Waals surface area contributed by atoms with Crippen molar-refractivity contribution in [2.45, 2.75) is 0 Å². The molecule has 0 spiro atoms. The summed E-state index contributed by atoms with van der Waals surface area (Å²) in [4.78, 5) is 12.6. The molecule has 0 saturated heterocycles. The number of carboxylic acids is 1. The number of carbonyl (C=O) groups is 1. The van der Waals surface area contributed by atoms with Crippen LogP contribution in [-0.2, 0) is 0 Å². The summed E-state index contributed by atoms with van der Waals surface area (Å²) in [6, 6.07) is 3.14. The first kappa shape index (κ1) is 16.3. The van der Waals surface area contributed by atoms with Gasteiger partial charge in [0, 0.05) is 6.20 Å². The van der Waals surface area contributed by atoms with E-state index in [4.69, 9.17) is 5.11 Å². The van der Waals surface area contributed by atoms with Crippen LogP contribution < -0.4 is 0 Å². The Hall–Kier alpha value is -1.37. The molecule has 0 aromatic carbocycles. The summed E-state index contributed by atoms with van der Waals surface area (Å²) < 4.78 is 0. The van der Waals surface area contributed by atoms with Gasteiger partial charge < -0.3 is 26.5 Å². The molecule has 1 aromatic heterocycles. The van der Waals surface area contributed by atoms with Gasteiger partial charge in [0.15, 0.2) is 0 Å².